The molecule has 1 aliphatic rings. The third-order valence-electron chi connectivity index (χ3n) is 2.85. The van der Waals surface area contributed by atoms with Gasteiger partial charge in [-0.3, -0.25) is 0 Å². The molecule has 1 aromatic rings. The zero-order valence-electron chi connectivity index (χ0n) is 10.2. The van der Waals surface area contributed by atoms with E-state index >= 15 is 0 Å². The molecule has 6 heteroatoms. The summed E-state index contributed by atoms with van der Waals surface area (Å²) in [5.74, 6) is 1.23. The number of rotatable bonds is 3. The van der Waals surface area contributed by atoms with Crippen LogP contribution in [0.25, 0.3) is 0 Å². The highest BCUT2D eigenvalue weighted by molar-refractivity contribution is 5.34. The van der Waals surface area contributed by atoms with Gasteiger partial charge in [0.2, 0.25) is 11.8 Å². The van der Waals surface area contributed by atoms with Gasteiger partial charge in [0, 0.05) is 25.4 Å². The Morgan fingerprint density at radius 1 is 1.65 bits per heavy atom. The van der Waals surface area contributed by atoms with E-state index in [4.69, 9.17) is 15.2 Å². The van der Waals surface area contributed by atoms with Crippen LogP contribution in [0.3, 0.4) is 0 Å². The quantitative estimate of drug-likeness (QED) is 0.801. The van der Waals surface area contributed by atoms with Crippen molar-refractivity contribution in [2.75, 3.05) is 31.7 Å². The van der Waals surface area contributed by atoms with Gasteiger partial charge in [-0.2, -0.15) is 4.98 Å². The summed E-state index contributed by atoms with van der Waals surface area (Å²) in [5, 5.41) is 0. The van der Waals surface area contributed by atoms with Crippen molar-refractivity contribution in [3.05, 3.63) is 12.3 Å². The van der Waals surface area contributed by atoms with E-state index in [0.29, 0.717) is 31.5 Å². The first-order chi connectivity index (χ1) is 8.24. The molecule has 0 spiro atoms. The Balaban J connectivity index is 2.18. The molecule has 0 amide bonds. The van der Waals surface area contributed by atoms with Gasteiger partial charge in [-0.1, -0.05) is 0 Å². The Labute approximate surface area is 101 Å². The predicted molar refractivity (Wildman–Crippen MR) is 64.2 cm³/mol. The number of aromatic nitrogens is 2. The maximum Gasteiger partial charge on any atom is 0.229 e. The minimum Gasteiger partial charge on any atom is -0.481 e. The highest BCUT2D eigenvalue weighted by Crippen LogP contribution is 2.19. The zero-order valence-corrected chi connectivity index (χ0v) is 10.2. The second-order valence-corrected chi connectivity index (χ2v) is 4.09. The summed E-state index contributed by atoms with van der Waals surface area (Å²) in [6.45, 7) is 3.94. The Morgan fingerprint density at radius 3 is 3.18 bits per heavy atom. The van der Waals surface area contributed by atoms with Crippen molar-refractivity contribution in [1.29, 1.82) is 0 Å². The van der Waals surface area contributed by atoms with E-state index in [9.17, 15) is 0 Å². The van der Waals surface area contributed by atoms with Crippen LogP contribution in [0.15, 0.2) is 12.3 Å². The average molecular weight is 238 g/mol. The van der Waals surface area contributed by atoms with Crippen LogP contribution in [0, 0.1) is 0 Å². The van der Waals surface area contributed by atoms with Crippen molar-refractivity contribution in [3.63, 3.8) is 0 Å². The van der Waals surface area contributed by atoms with Gasteiger partial charge in [0.1, 0.15) is 0 Å². The Bertz CT molecular complexity index is 374. The standard InChI is InChI=1S/C11H18N4O2/c1-8-7-17-9(5-12)6-15(8)11-13-4-3-10(14-11)16-2/h3-4,8-9H,5-7,12H2,1-2H3. The summed E-state index contributed by atoms with van der Waals surface area (Å²) in [5.41, 5.74) is 5.63. The second kappa shape index (κ2) is 5.29. The van der Waals surface area contributed by atoms with Gasteiger partial charge in [0.25, 0.3) is 0 Å². The molecule has 0 aromatic carbocycles. The highest BCUT2D eigenvalue weighted by Gasteiger charge is 2.27. The molecule has 2 atom stereocenters. The molecule has 2 N–H and O–H groups in total. The predicted octanol–water partition coefficient (Wildman–Crippen LogP) is 0.0376. The lowest BCUT2D eigenvalue weighted by Gasteiger charge is -2.37. The van der Waals surface area contributed by atoms with Crippen LogP contribution in [0.4, 0.5) is 5.95 Å². The highest BCUT2D eigenvalue weighted by atomic mass is 16.5. The van der Waals surface area contributed by atoms with Crippen LogP contribution in [0.5, 0.6) is 5.88 Å². The molecular formula is C11H18N4O2. The molecule has 2 heterocycles. The van der Waals surface area contributed by atoms with E-state index in [2.05, 4.69) is 21.8 Å². The average Bonchev–Trinajstić information content (AvgIpc) is 2.39. The van der Waals surface area contributed by atoms with Crippen LogP contribution in [-0.2, 0) is 4.74 Å². The fourth-order valence-corrected chi connectivity index (χ4v) is 1.82. The van der Waals surface area contributed by atoms with Crippen molar-refractivity contribution >= 4 is 5.95 Å². The molecule has 1 saturated heterocycles. The van der Waals surface area contributed by atoms with Gasteiger partial charge in [0.15, 0.2) is 0 Å². The number of ether oxygens (including phenoxy) is 2. The normalized spacial score (nSPS) is 24.8. The van der Waals surface area contributed by atoms with Crippen molar-refractivity contribution < 1.29 is 9.47 Å². The van der Waals surface area contributed by atoms with Gasteiger partial charge in [0.05, 0.1) is 25.9 Å². The van der Waals surface area contributed by atoms with Gasteiger partial charge < -0.3 is 20.1 Å². The summed E-state index contributed by atoms with van der Waals surface area (Å²) in [6, 6.07) is 1.97. The molecule has 0 radical (unpaired) electrons. The van der Waals surface area contributed by atoms with E-state index in [1.54, 1.807) is 19.4 Å². The van der Waals surface area contributed by atoms with E-state index in [1.807, 2.05) is 0 Å². The number of anilines is 1. The lowest BCUT2D eigenvalue weighted by molar-refractivity contribution is 0.0276. The molecule has 17 heavy (non-hydrogen) atoms. The van der Waals surface area contributed by atoms with E-state index in [0.717, 1.165) is 0 Å². The van der Waals surface area contributed by atoms with Crippen LogP contribution in [0.1, 0.15) is 6.92 Å². The molecular weight excluding hydrogens is 220 g/mol. The second-order valence-electron chi connectivity index (χ2n) is 4.09. The summed E-state index contributed by atoms with van der Waals surface area (Å²) >= 11 is 0. The molecule has 1 fully saturated rings. The fraction of sp³-hybridized carbons (Fsp3) is 0.636. The molecule has 2 unspecified atom stereocenters. The van der Waals surface area contributed by atoms with Gasteiger partial charge >= 0.3 is 0 Å². The zero-order chi connectivity index (χ0) is 12.3. The van der Waals surface area contributed by atoms with Gasteiger partial charge in [-0.05, 0) is 6.92 Å². The third kappa shape index (κ3) is 2.65. The van der Waals surface area contributed by atoms with Crippen LogP contribution < -0.4 is 15.4 Å². The van der Waals surface area contributed by atoms with Crippen LogP contribution in [0.2, 0.25) is 0 Å². The topological polar surface area (TPSA) is 73.5 Å². The fourth-order valence-electron chi connectivity index (χ4n) is 1.82. The number of hydrogen-bond acceptors (Lipinski definition) is 6. The maximum atomic E-state index is 5.63. The van der Waals surface area contributed by atoms with Crippen LogP contribution in [-0.4, -0.2) is 48.9 Å². The van der Waals surface area contributed by atoms with E-state index in [1.165, 1.54) is 0 Å². The number of nitrogens with zero attached hydrogens (tertiary/aromatic N) is 3. The molecule has 1 aromatic heterocycles. The van der Waals surface area contributed by atoms with Crippen LogP contribution >= 0.6 is 0 Å². The molecule has 0 aliphatic carbocycles. The van der Waals surface area contributed by atoms with Gasteiger partial charge in [-0.15, -0.1) is 0 Å². The molecule has 0 bridgehead atoms. The monoisotopic (exact) mass is 238 g/mol. The number of morpholine rings is 1. The number of nitrogens with two attached hydrogens (primary N) is 1. The number of methoxy groups -OCH3 is 1. The van der Waals surface area contributed by atoms with E-state index in [-0.39, 0.29) is 12.1 Å². The van der Waals surface area contributed by atoms with Crippen molar-refractivity contribution in [1.82, 2.24) is 9.97 Å². The Morgan fingerprint density at radius 2 is 2.47 bits per heavy atom. The van der Waals surface area contributed by atoms with Gasteiger partial charge in [-0.25, -0.2) is 4.98 Å². The molecule has 0 saturated carbocycles. The van der Waals surface area contributed by atoms with E-state index < -0.39 is 0 Å². The third-order valence-corrected chi connectivity index (χ3v) is 2.85. The molecule has 1 aliphatic heterocycles. The first-order valence-electron chi connectivity index (χ1n) is 5.70. The largest absolute Gasteiger partial charge is 0.481 e. The van der Waals surface area contributed by atoms with Crippen molar-refractivity contribution in [2.45, 2.75) is 19.1 Å². The SMILES string of the molecule is COc1ccnc(N2CC(CN)OCC2C)n1. The molecule has 6 nitrogen and oxygen atoms in total. The summed E-state index contributed by atoms with van der Waals surface area (Å²) in [7, 11) is 1.59. The van der Waals surface area contributed by atoms with Crippen molar-refractivity contribution in [2.24, 2.45) is 5.73 Å². The summed E-state index contributed by atoms with van der Waals surface area (Å²) in [4.78, 5) is 10.7. The first-order valence-corrected chi connectivity index (χ1v) is 5.70. The summed E-state index contributed by atoms with van der Waals surface area (Å²) < 4.78 is 10.7. The Hall–Kier alpha value is -1.40. The van der Waals surface area contributed by atoms with Crippen molar-refractivity contribution in [3.8, 4) is 5.88 Å². The maximum absolute atomic E-state index is 5.63. The lowest BCUT2D eigenvalue weighted by Crippen LogP contribution is -2.51. The summed E-state index contributed by atoms with van der Waals surface area (Å²) in [6.07, 6.45) is 1.74. The first kappa shape index (κ1) is 12.1. The minimum atomic E-state index is 0.0426. The smallest absolute Gasteiger partial charge is 0.229 e. The number of hydrogen-bond donors (Lipinski definition) is 1. The Kier molecular flexibility index (Phi) is 3.75. The minimum absolute atomic E-state index is 0.0426. The molecule has 94 valence electrons. The molecule has 2 rings (SSSR count). The lowest BCUT2D eigenvalue weighted by atomic mass is 10.2.